The quantitative estimate of drug-likeness (QED) is 0.388. The van der Waals surface area contributed by atoms with Crippen LogP contribution in [0.1, 0.15) is 13.3 Å². The summed E-state index contributed by atoms with van der Waals surface area (Å²) >= 11 is 5.93. The zero-order valence-electron chi connectivity index (χ0n) is 10.0. The molecule has 0 bridgehead atoms. The molecule has 0 atom stereocenters. The van der Waals surface area contributed by atoms with Gasteiger partial charge in [-0.1, -0.05) is 43.9 Å². The average molecular weight is 238 g/mol. The second-order valence-corrected chi connectivity index (χ2v) is 4.36. The van der Waals surface area contributed by atoms with Gasteiger partial charge in [0, 0.05) is 25.5 Å². The van der Waals surface area contributed by atoms with Crippen molar-refractivity contribution in [3.63, 3.8) is 0 Å². The molecule has 0 radical (unpaired) electrons. The highest BCUT2D eigenvalue weighted by molar-refractivity contribution is 6.19. The van der Waals surface area contributed by atoms with E-state index in [4.69, 9.17) is 11.6 Å². The lowest BCUT2D eigenvalue weighted by molar-refractivity contribution is 0.376. The van der Waals surface area contributed by atoms with Crippen LogP contribution in [0.25, 0.3) is 0 Å². The van der Waals surface area contributed by atoms with Crippen LogP contribution in [0.15, 0.2) is 48.1 Å². The Labute approximate surface area is 104 Å². The van der Waals surface area contributed by atoms with Crippen molar-refractivity contribution < 1.29 is 0 Å². The third-order valence-corrected chi connectivity index (χ3v) is 3.13. The van der Waals surface area contributed by atoms with Crippen molar-refractivity contribution in [2.45, 2.75) is 13.3 Å². The molecule has 16 heavy (non-hydrogen) atoms. The first kappa shape index (κ1) is 13.3. The first-order chi connectivity index (χ1) is 7.71. The van der Waals surface area contributed by atoms with Crippen LogP contribution in [0.2, 0.25) is 0 Å². The summed E-state index contributed by atoms with van der Waals surface area (Å²) in [5.74, 6) is 0.661. The van der Waals surface area contributed by atoms with Gasteiger partial charge in [-0.05, 0) is 17.6 Å². The Bertz CT molecular complexity index is 310. The topological polar surface area (TPSA) is 3.24 Å². The van der Waals surface area contributed by atoms with Crippen molar-refractivity contribution in [2.24, 2.45) is 0 Å². The van der Waals surface area contributed by atoms with Crippen LogP contribution >= 0.6 is 11.6 Å². The summed E-state index contributed by atoms with van der Waals surface area (Å²) in [5.41, 5.74) is 4.01. The summed E-state index contributed by atoms with van der Waals surface area (Å²) in [6, 6.07) is 0. The van der Waals surface area contributed by atoms with Gasteiger partial charge in [-0.15, -0.1) is 11.6 Å². The van der Waals surface area contributed by atoms with Crippen LogP contribution in [0.3, 0.4) is 0 Å². The van der Waals surface area contributed by atoms with E-state index in [1.165, 1.54) is 11.1 Å². The van der Waals surface area contributed by atoms with Gasteiger partial charge in [0.2, 0.25) is 0 Å². The Morgan fingerprint density at radius 2 is 2.12 bits per heavy atom. The number of hydrogen-bond acceptors (Lipinski definition) is 1. The van der Waals surface area contributed by atoms with Crippen LogP contribution in [-0.2, 0) is 0 Å². The summed E-state index contributed by atoms with van der Waals surface area (Å²) in [6.45, 7) is 12.8. The summed E-state index contributed by atoms with van der Waals surface area (Å²) < 4.78 is 0. The first-order valence-corrected chi connectivity index (χ1v) is 6.19. The molecule has 2 heteroatoms. The normalized spacial score (nSPS) is 17.4. The van der Waals surface area contributed by atoms with E-state index < -0.39 is 0 Å². The molecule has 0 amide bonds. The van der Waals surface area contributed by atoms with E-state index >= 15 is 0 Å². The van der Waals surface area contributed by atoms with Gasteiger partial charge >= 0.3 is 0 Å². The molecular formula is C14H20ClN. The van der Waals surface area contributed by atoms with E-state index in [1.54, 1.807) is 6.08 Å². The smallest absolute Gasteiger partial charge is 0.0449 e. The Kier molecular flexibility index (Phi) is 5.58. The van der Waals surface area contributed by atoms with Crippen LogP contribution in [0.5, 0.6) is 0 Å². The second kappa shape index (κ2) is 6.72. The molecule has 0 aromatic heterocycles. The van der Waals surface area contributed by atoms with E-state index in [-0.39, 0.29) is 0 Å². The van der Waals surface area contributed by atoms with Crippen LogP contribution in [0, 0.1) is 0 Å². The minimum atomic E-state index is 0.661. The monoisotopic (exact) mass is 237 g/mol. The van der Waals surface area contributed by atoms with Gasteiger partial charge in [0.1, 0.15) is 0 Å². The molecule has 0 aromatic carbocycles. The molecule has 0 N–H and O–H groups in total. The van der Waals surface area contributed by atoms with E-state index in [0.717, 1.165) is 31.6 Å². The predicted molar refractivity (Wildman–Crippen MR) is 73.0 cm³/mol. The molecule has 1 aliphatic rings. The van der Waals surface area contributed by atoms with E-state index in [9.17, 15) is 0 Å². The lowest BCUT2D eigenvalue weighted by Crippen LogP contribution is -2.23. The predicted octanol–water partition coefficient (Wildman–Crippen LogP) is 3.55. The van der Waals surface area contributed by atoms with Crippen molar-refractivity contribution >= 4 is 11.6 Å². The molecule has 0 aliphatic carbocycles. The summed E-state index contributed by atoms with van der Waals surface area (Å²) in [4.78, 5) is 2.38. The maximum absolute atomic E-state index is 5.93. The Balaban J connectivity index is 2.47. The largest absolute Gasteiger partial charge is 0.291 e. The van der Waals surface area contributed by atoms with Crippen molar-refractivity contribution in [1.29, 1.82) is 0 Å². The van der Waals surface area contributed by atoms with E-state index in [0.29, 0.717) is 5.88 Å². The number of rotatable bonds is 6. The summed E-state index contributed by atoms with van der Waals surface area (Å²) in [6.07, 6.45) is 6.81. The number of allylic oxidation sites excluding steroid dienone is 2. The standard InChI is InChI=1S/C14H20ClN/c1-4-6-7-12(3)9-16-10-13(5-2)14(8-15)11-16/h4,6-7H,1,3,5,8-11H2,2H3/b7-6-. The zero-order chi connectivity index (χ0) is 12.0. The molecule has 88 valence electrons. The average Bonchev–Trinajstić information content (AvgIpc) is 2.68. The van der Waals surface area contributed by atoms with Crippen molar-refractivity contribution in [1.82, 2.24) is 4.90 Å². The van der Waals surface area contributed by atoms with Crippen molar-refractivity contribution in [2.75, 3.05) is 25.5 Å². The highest BCUT2D eigenvalue weighted by Gasteiger charge is 2.19. The number of alkyl halides is 1. The van der Waals surface area contributed by atoms with Crippen LogP contribution < -0.4 is 0 Å². The Morgan fingerprint density at radius 3 is 2.62 bits per heavy atom. The number of nitrogens with zero attached hydrogens (tertiary/aromatic N) is 1. The molecule has 0 saturated heterocycles. The minimum absolute atomic E-state index is 0.661. The van der Waals surface area contributed by atoms with Gasteiger partial charge in [-0.2, -0.15) is 0 Å². The van der Waals surface area contributed by atoms with Gasteiger partial charge in [-0.25, -0.2) is 0 Å². The minimum Gasteiger partial charge on any atom is -0.291 e. The van der Waals surface area contributed by atoms with Crippen molar-refractivity contribution in [3.8, 4) is 0 Å². The molecule has 1 rings (SSSR count). The fraction of sp³-hybridized carbons (Fsp3) is 0.429. The molecule has 1 aliphatic heterocycles. The van der Waals surface area contributed by atoms with Gasteiger partial charge in [0.15, 0.2) is 0 Å². The van der Waals surface area contributed by atoms with Gasteiger partial charge in [0.25, 0.3) is 0 Å². The molecule has 0 aromatic rings. The van der Waals surface area contributed by atoms with Gasteiger partial charge < -0.3 is 0 Å². The summed E-state index contributed by atoms with van der Waals surface area (Å²) in [5, 5.41) is 0. The molecule has 1 heterocycles. The van der Waals surface area contributed by atoms with Crippen molar-refractivity contribution in [3.05, 3.63) is 48.1 Å². The fourth-order valence-corrected chi connectivity index (χ4v) is 2.25. The molecule has 0 fully saturated rings. The Morgan fingerprint density at radius 1 is 1.44 bits per heavy atom. The SMILES string of the molecule is C=C/C=C\C(=C)CN1CC(CC)=C(CCl)C1. The third-order valence-electron chi connectivity index (χ3n) is 2.81. The van der Waals surface area contributed by atoms with Crippen LogP contribution in [-0.4, -0.2) is 30.4 Å². The molecule has 0 spiro atoms. The molecule has 0 saturated carbocycles. The lowest BCUT2D eigenvalue weighted by Gasteiger charge is -2.16. The zero-order valence-corrected chi connectivity index (χ0v) is 10.8. The fourth-order valence-electron chi connectivity index (χ4n) is 1.97. The number of halogens is 1. The van der Waals surface area contributed by atoms with Gasteiger partial charge in [0.05, 0.1) is 0 Å². The maximum Gasteiger partial charge on any atom is 0.0449 e. The molecule has 0 unspecified atom stereocenters. The highest BCUT2D eigenvalue weighted by atomic mass is 35.5. The third kappa shape index (κ3) is 3.66. The van der Waals surface area contributed by atoms with Gasteiger partial charge in [-0.3, -0.25) is 4.90 Å². The van der Waals surface area contributed by atoms with E-state index in [2.05, 4.69) is 25.0 Å². The van der Waals surface area contributed by atoms with E-state index in [1.807, 2.05) is 12.2 Å². The maximum atomic E-state index is 5.93. The molecule has 1 nitrogen and oxygen atoms in total. The molecular weight excluding hydrogens is 218 g/mol. The first-order valence-electron chi connectivity index (χ1n) is 5.66. The summed E-state index contributed by atoms with van der Waals surface area (Å²) in [7, 11) is 0. The lowest BCUT2D eigenvalue weighted by atomic mass is 10.1. The highest BCUT2D eigenvalue weighted by Crippen LogP contribution is 2.21. The van der Waals surface area contributed by atoms with Crippen LogP contribution in [0.4, 0.5) is 0 Å². The number of hydrogen-bond donors (Lipinski definition) is 0. The second-order valence-electron chi connectivity index (χ2n) is 4.09. The Hall–Kier alpha value is -0.790.